The number of methoxy groups -OCH3 is 5. The number of carbonyl (C=O) groups excluding carboxylic acids is 1. The van der Waals surface area contributed by atoms with E-state index >= 15 is 0 Å². The number of hydrogen-bond acceptors (Lipinski definition) is 9. The van der Waals surface area contributed by atoms with Crippen LogP contribution in [0.15, 0.2) is 35.7 Å². The van der Waals surface area contributed by atoms with Gasteiger partial charge in [-0.05, 0) is 57.4 Å². The van der Waals surface area contributed by atoms with Crippen molar-refractivity contribution in [1.82, 2.24) is 9.88 Å². The number of benzene rings is 2. The van der Waals surface area contributed by atoms with Gasteiger partial charge < -0.3 is 28.6 Å². The fourth-order valence-electron chi connectivity index (χ4n) is 3.72. The maximum atomic E-state index is 13.8. The van der Waals surface area contributed by atoms with E-state index in [2.05, 4.69) is 4.90 Å². The summed E-state index contributed by atoms with van der Waals surface area (Å²) in [6, 6.07) is 8.85. The average molecular weight is 552 g/mol. The maximum Gasteiger partial charge on any atom is 0.260 e. The number of ether oxygens (including phenoxy) is 5. The van der Waals surface area contributed by atoms with Gasteiger partial charge in [-0.2, -0.15) is 0 Å². The van der Waals surface area contributed by atoms with Crippen molar-refractivity contribution in [3.8, 4) is 40.0 Å². The molecule has 0 bridgehead atoms. The minimum Gasteiger partial charge on any atom is -0.497 e. The number of rotatable bonds is 12. The minimum absolute atomic E-state index is 0. The Morgan fingerprint density at radius 2 is 1.51 bits per heavy atom. The highest BCUT2D eigenvalue weighted by molar-refractivity contribution is 7.14. The predicted octanol–water partition coefficient (Wildman–Crippen LogP) is 4.87. The standard InChI is InChI=1S/C26H33N3O6S.ClH/c1-28(2)11-8-12-29(25(30)17-13-22(33-5)24(35-7)23(14-17)34-6)26-27-20(16-36-26)19-15-18(31-3)9-10-21(19)32-4;/h9-10,13-16H,8,11-12H2,1-7H3;1H. The van der Waals surface area contributed by atoms with E-state index in [0.717, 1.165) is 18.5 Å². The van der Waals surface area contributed by atoms with Crippen LogP contribution in [0, 0.1) is 0 Å². The maximum absolute atomic E-state index is 13.8. The van der Waals surface area contributed by atoms with Gasteiger partial charge in [0.25, 0.3) is 5.91 Å². The zero-order valence-corrected chi connectivity index (χ0v) is 23.8. The van der Waals surface area contributed by atoms with Crippen molar-refractivity contribution in [2.45, 2.75) is 6.42 Å². The highest BCUT2D eigenvalue weighted by Crippen LogP contribution is 2.40. The molecule has 3 aromatic rings. The van der Waals surface area contributed by atoms with Crippen molar-refractivity contribution in [3.63, 3.8) is 0 Å². The van der Waals surface area contributed by atoms with E-state index < -0.39 is 0 Å². The summed E-state index contributed by atoms with van der Waals surface area (Å²) in [5, 5.41) is 2.49. The van der Waals surface area contributed by atoms with Gasteiger partial charge in [-0.1, -0.05) is 0 Å². The normalized spacial score (nSPS) is 10.5. The first-order chi connectivity index (χ1) is 17.4. The third-order valence-electron chi connectivity index (χ3n) is 5.55. The Morgan fingerprint density at radius 3 is 2.05 bits per heavy atom. The highest BCUT2D eigenvalue weighted by atomic mass is 35.5. The van der Waals surface area contributed by atoms with Crippen LogP contribution in [0.2, 0.25) is 0 Å². The first-order valence-electron chi connectivity index (χ1n) is 11.3. The molecule has 9 nitrogen and oxygen atoms in total. The smallest absolute Gasteiger partial charge is 0.260 e. The summed E-state index contributed by atoms with van der Waals surface area (Å²) in [6.07, 6.45) is 0.764. The number of carbonyl (C=O) groups is 1. The minimum atomic E-state index is -0.216. The number of aromatic nitrogens is 1. The van der Waals surface area contributed by atoms with Crippen molar-refractivity contribution >= 4 is 34.8 Å². The molecule has 0 aliphatic heterocycles. The molecule has 0 N–H and O–H groups in total. The molecule has 0 spiro atoms. The van der Waals surface area contributed by atoms with Crippen LogP contribution in [0.4, 0.5) is 5.13 Å². The van der Waals surface area contributed by atoms with Crippen LogP contribution in [0.3, 0.4) is 0 Å². The third-order valence-corrected chi connectivity index (χ3v) is 6.41. The van der Waals surface area contributed by atoms with Gasteiger partial charge in [-0.15, -0.1) is 23.7 Å². The molecule has 1 aromatic heterocycles. The molecule has 37 heavy (non-hydrogen) atoms. The molecule has 11 heteroatoms. The molecule has 1 amide bonds. The fourth-order valence-corrected chi connectivity index (χ4v) is 4.56. The van der Waals surface area contributed by atoms with E-state index in [4.69, 9.17) is 28.7 Å². The lowest BCUT2D eigenvalue weighted by Crippen LogP contribution is -2.33. The molecule has 0 saturated heterocycles. The van der Waals surface area contributed by atoms with E-state index in [1.165, 1.54) is 32.7 Å². The second kappa shape index (κ2) is 13.9. The molecule has 0 saturated carbocycles. The summed E-state index contributed by atoms with van der Waals surface area (Å²) in [7, 11) is 11.8. The third kappa shape index (κ3) is 6.97. The molecule has 1 heterocycles. The molecule has 202 valence electrons. The number of amides is 1. The van der Waals surface area contributed by atoms with E-state index in [1.54, 1.807) is 31.3 Å². The molecule has 0 aliphatic carbocycles. The van der Waals surface area contributed by atoms with Crippen LogP contribution in [0.1, 0.15) is 16.8 Å². The average Bonchev–Trinajstić information content (AvgIpc) is 3.38. The molecule has 0 fully saturated rings. The van der Waals surface area contributed by atoms with E-state index in [9.17, 15) is 4.79 Å². The predicted molar refractivity (Wildman–Crippen MR) is 149 cm³/mol. The topological polar surface area (TPSA) is 82.6 Å². The summed E-state index contributed by atoms with van der Waals surface area (Å²) < 4.78 is 27.2. The summed E-state index contributed by atoms with van der Waals surface area (Å²) >= 11 is 1.39. The van der Waals surface area contributed by atoms with Gasteiger partial charge in [0.1, 0.15) is 11.5 Å². The molecule has 2 aromatic carbocycles. The number of thiazole rings is 1. The van der Waals surface area contributed by atoms with E-state index in [1.807, 2.05) is 37.7 Å². The Hall–Kier alpha value is -3.21. The van der Waals surface area contributed by atoms with Gasteiger partial charge >= 0.3 is 0 Å². The van der Waals surface area contributed by atoms with Crippen LogP contribution in [0.25, 0.3) is 11.3 Å². The fraction of sp³-hybridized carbons (Fsp3) is 0.385. The second-order valence-electron chi connectivity index (χ2n) is 8.11. The van der Waals surface area contributed by atoms with Crippen LogP contribution in [0.5, 0.6) is 28.7 Å². The van der Waals surface area contributed by atoms with Crippen molar-refractivity contribution < 1.29 is 28.5 Å². The summed E-state index contributed by atoms with van der Waals surface area (Å²) in [6.45, 7) is 1.30. The summed E-state index contributed by atoms with van der Waals surface area (Å²) in [5.74, 6) is 2.40. The highest BCUT2D eigenvalue weighted by Gasteiger charge is 2.25. The Kier molecular flexibility index (Phi) is 11.3. The Balaban J connectivity index is 0.00000481. The summed E-state index contributed by atoms with van der Waals surface area (Å²) in [5.41, 5.74) is 1.89. The number of anilines is 1. The van der Waals surface area contributed by atoms with Gasteiger partial charge in [0.15, 0.2) is 16.6 Å². The number of nitrogens with zero attached hydrogens (tertiary/aromatic N) is 3. The molecule has 3 rings (SSSR count). The van der Waals surface area contributed by atoms with E-state index in [-0.39, 0.29) is 18.3 Å². The molecule has 0 radical (unpaired) electrons. The molecule has 0 unspecified atom stereocenters. The van der Waals surface area contributed by atoms with Gasteiger partial charge in [-0.3, -0.25) is 9.69 Å². The largest absolute Gasteiger partial charge is 0.497 e. The van der Waals surface area contributed by atoms with Crippen molar-refractivity contribution in [1.29, 1.82) is 0 Å². The van der Waals surface area contributed by atoms with Crippen LogP contribution in [-0.2, 0) is 0 Å². The van der Waals surface area contributed by atoms with Crippen LogP contribution < -0.4 is 28.6 Å². The zero-order chi connectivity index (χ0) is 26.2. The lowest BCUT2D eigenvalue weighted by Gasteiger charge is -2.22. The monoisotopic (exact) mass is 551 g/mol. The molecular formula is C26H34ClN3O6S. The van der Waals surface area contributed by atoms with Crippen molar-refractivity contribution in [3.05, 3.63) is 41.3 Å². The Morgan fingerprint density at radius 1 is 0.865 bits per heavy atom. The summed E-state index contributed by atoms with van der Waals surface area (Å²) in [4.78, 5) is 22.4. The Bertz CT molecular complexity index is 1160. The van der Waals surface area contributed by atoms with Crippen LogP contribution >= 0.6 is 23.7 Å². The quantitative estimate of drug-likeness (QED) is 0.315. The number of hydrogen-bond donors (Lipinski definition) is 0. The van der Waals surface area contributed by atoms with Gasteiger partial charge in [0.05, 0.1) is 41.2 Å². The second-order valence-corrected chi connectivity index (χ2v) is 8.95. The lowest BCUT2D eigenvalue weighted by molar-refractivity contribution is 0.0985. The van der Waals surface area contributed by atoms with Gasteiger partial charge in [-0.25, -0.2) is 4.98 Å². The molecular weight excluding hydrogens is 518 g/mol. The first kappa shape index (κ1) is 30.0. The lowest BCUT2D eigenvalue weighted by atomic mass is 10.1. The van der Waals surface area contributed by atoms with E-state index in [0.29, 0.717) is 51.7 Å². The molecule has 0 aliphatic rings. The first-order valence-corrected chi connectivity index (χ1v) is 12.2. The SMILES string of the molecule is COc1ccc(OC)c(-c2csc(N(CCCN(C)C)C(=O)c3cc(OC)c(OC)c(OC)c3)n2)c1.Cl. The van der Waals surface area contributed by atoms with Crippen molar-refractivity contribution in [2.75, 3.05) is 67.6 Å². The van der Waals surface area contributed by atoms with Gasteiger partial charge in [0.2, 0.25) is 5.75 Å². The zero-order valence-electron chi connectivity index (χ0n) is 22.2. The van der Waals surface area contributed by atoms with Crippen LogP contribution in [-0.4, -0.2) is 78.5 Å². The van der Waals surface area contributed by atoms with Gasteiger partial charge in [0, 0.05) is 23.1 Å². The Labute approximate surface area is 228 Å². The van der Waals surface area contributed by atoms with Crippen molar-refractivity contribution in [2.24, 2.45) is 0 Å². The molecule has 0 atom stereocenters. The number of halogens is 1.